The molecule has 0 spiro atoms. The van der Waals surface area contributed by atoms with Crippen LogP contribution in [0.25, 0.3) is 0 Å². The standard InChI is InChI=1S/C14H22N4O3/c1-18-9-11(8-16-18)12(13(19)20)17-14(21)15-7-6-10-4-2-3-5-10/h8-10,12H,2-7H2,1H3,(H,19,20)(H2,15,17,21). The van der Waals surface area contributed by atoms with E-state index in [0.717, 1.165) is 6.42 Å². The Balaban J connectivity index is 1.79. The summed E-state index contributed by atoms with van der Waals surface area (Å²) in [5, 5.41) is 18.3. The maximum absolute atomic E-state index is 11.8. The second-order valence-electron chi connectivity index (χ2n) is 5.56. The molecule has 2 rings (SSSR count). The molecule has 0 saturated heterocycles. The number of aliphatic carboxylic acids is 1. The highest BCUT2D eigenvalue weighted by Crippen LogP contribution is 2.26. The highest BCUT2D eigenvalue weighted by molar-refractivity contribution is 5.83. The van der Waals surface area contributed by atoms with Crippen LogP contribution in [0.5, 0.6) is 0 Å². The number of hydrogen-bond donors (Lipinski definition) is 3. The smallest absolute Gasteiger partial charge is 0.331 e. The van der Waals surface area contributed by atoms with Crippen LogP contribution < -0.4 is 10.6 Å². The topological polar surface area (TPSA) is 96.2 Å². The summed E-state index contributed by atoms with van der Waals surface area (Å²) >= 11 is 0. The first-order chi connectivity index (χ1) is 10.1. The lowest BCUT2D eigenvalue weighted by Crippen LogP contribution is -2.41. The van der Waals surface area contributed by atoms with Crippen molar-refractivity contribution in [1.82, 2.24) is 20.4 Å². The molecule has 1 aliphatic carbocycles. The molecule has 1 aromatic heterocycles. The molecule has 7 nitrogen and oxygen atoms in total. The van der Waals surface area contributed by atoms with Gasteiger partial charge in [-0.15, -0.1) is 0 Å². The number of nitrogens with one attached hydrogen (secondary N) is 2. The summed E-state index contributed by atoms with van der Waals surface area (Å²) in [5.41, 5.74) is 0.455. The second-order valence-corrected chi connectivity index (χ2v) is 5.56. The molecule has 0 radical (unpaired) electrons. The average molecular weight is 294 g/mol. The quantitative estimate of drug-likeness (QED) is 0.739. The SMILES string of the molecule is Cn1cc(C(NC(=O)NCCC2CCCC2)C(=O)O)cn1. The molecule has 1 aromatic rings. The Morgan fingerprint density at radius 3 is 2.76 bits per heavy atom. The van der Waals surface area contributed by atoms with Gasteiger partial charge in [0.15, 0.2) is 6.04 Å². The van der Waals surface area contributed by atoms with Gasteiger partial charge in [-0.1, -0.05) is 25.7 Å². The van der Waals surface area contributed by atoms with Crippen LogP contribution in [0.2, 0.25) is 0 Å². The zero-order valence-electron chi connectivity index (χ0n) is 12.2. The molecule has 1 heterocycles. The van der Waals surface area contributed by atoms with Crippen LogP contribution in [0.3, 0.4) is 0 Å². The Hall–Kier alpha value is -2.05. The van der Waals surface area contributed by atoms with Crippen molar-refractivity contribution in [3.8, 4) is 0 Å². The molecule has 7 heteroatoms. The van der Waals surface area contributed by atoms with Crippen molar-refractivity contribution in [3.63, 3.8) is 0 Å². The number of carbonyl (C=O) groups is 2. The number of rotatable bonds is 6. The van der Waals surface area contributed by atoms with E-state index in [2.05, 4.69) is 15.7 Å². The van der Waals surface area contributed by atoms with Crippen LogP contribution in [-0.4, -0.2) is 33.4 Å². The van der Waals surface area contributed by atoms with Crippen LogP contribution in [0, 0.1) is 5.92 Å². The third-order valence-corrected chi connectivity index (χ3v) is 3.89. The van der Waals surface area contributed by atoms with Crippen molar-refractivity contribution in [2.75, 3.05) is 6.54 Å². The van der Waals surface area contributed by atoms with Gasteiger partial charge in [0.05, 0.1) is 6.20 Å². The van der Waals surface area contributed by atoms with Crippen LogP contribution >= 0.6 is 0 Å². The fourth-order valence-electron chi connectivity index (χ4n) is 2.75. The largest absolute Gasteiger partial charge is 0.479 e. The number of carboxylic acids is 1. The van der Waals surface area contributed by atoms with Crippen molar-refractivity contribution in [2.45, 2.75) is 38.1 Å². The minimum Gasteiger partial charge on any atom is -0.479 e. The molecule has 1 atom stereocenters. The molecular weight excluding hydrogens is 272 g/mol. The van der Waals surface area contributed by atoms with E-state index in [4.69, 9.17) is 0 Å². The zero-order chi connectivity index (χ0) is 15.2. The number of aromatic nitrogens is 2. The number of amides is 2. The van der Waals surface area contributed by atoms with Crippen molar-refractivity contribution in [1.29, 1.82) is 0 Å². The van der Waals surface area contributed by atoms with E-state index in [-0.39, 0.29) is 0 Å². The Bertz CT molecular complexity index is 494. The molecule has 0 aromatic carbocycles. The maximum Gasteiger partial charge on any atom is 0.331 e. The molecule has 1 aliphatic rings. The second kappa shape index (κ2) is 7.10. The summed E-state index contributed by atoms with van der Waals surface area (Å²) in [6, 6.07) is -1.53. The van der Waals surface area contributed by atoms with Crippen LogP contribution in [-0.2, 0) is 11.8 Å². The molecule has 116 valence electrons. The molecule has 21 heavy (non-hydrogen) atoms. The van der Waals surface area contributed by atoms with Gasteiger partial charge in [0.2, 0.25) is 0 Å². The number of carbonyl (C=O) groups excluding carboxylic acids is 1. The first kappa shape index (κ1) is 15.3. The van der Waals surface area contributed by atoms with Gasteiger partial charge < -0.3 is 15.7 Å². The lowest BCUT2D eigenvalue weighted by molar-refractivity contribution is -0.139. The first-order valence-electron chi connectivity index (χ1n) is 7.32. The van der Waals surface area contributed by atoms with Crippen LogP contribution in [0.1, 0.15) is 43.7 Å². The third kappa shape index (κ3) is 4.47. The predicted molar refractivity (Wildman–Crippen MR) is 76.7 cm³/mol. The summed E-state index contributed by atoms with van der Waals surface area (Å²) in [6.07, 6.45) is 9.00. The number of aryl methyl sites for hydroxylation is 1. The maximum atomic E-state index is 11.8. The minimum absolute atomic E-state index is 0.454. The third-order valence-electron chi connectivity index (χ3n) is 3.89. The van der Waals surface area contributed by atoms with Gasteiger partial charge in [-0.3, -0.25) is 4.68 Å². The molecule has 0 bridgehead atoms. The summed E-state index contributed by atoms with van der Waals surface area (Å²) in [7, 11) is 1.70. The summed E-state index contributed by atoms with van der Waals surface area (Å²) < 4.78 is 1.50. The first-order valence-corrected chi connectivity index (χ1v) is 7.32. The molecule has 0 aliphatic heterocycles. The Kier molecular flexibility index (Phi) is 5.19. The molecule has 2 amide bonds. The van der Waals surface area contributed by atoms with Crippen molar-refractivity contribution in [3.05, 3.63) is 18.0 Å². The normalized spacial score (nSPS) is 16.6. The highest BCUT2D eigenvalue weighted by atomic mass is 16.4. The molecular formula is C14H22N4O3. The van der Waals surface area contributed by atoms with Gasteiger partial charge in [0, 0.05) is 25.4 Å². The molecule has 1 unspecified atom stereocenters. The van der Waals surface area contributed by atoms with E-state index < -0.39 is 18.0 Å². The van der Waals surface area contributed by atoms with Gasteiger partial charge >= 0.3 is 12.0 Å². The number of nitrogens with zero attached hydrogens (tertiary/aromatic N) is 2. The van der Waals surface area contributed by atoms with E-state index in [0.29, 0.717) is 18.0 Å². The molecule has 1 saturated carbocycles. The summed E-state index contributed by atoms with van der Waals surface area (Å²) in [6.45, 7) is 0.579. The lowest BCUT2D eigenvalue weighted by atomic mass is 10.0. The van der Waals surface area contributed by atoms with Crippen molar-refractivity contribution < 1.29 is 14.7 Å². The van der Waals surface area contributed by atoms with E-state index in [1.165, 1.54) is 36.6 Å². The Labute approximate surface area is 123 Å². The summed E-state index contributed by atoms with van der Waals surface area (Å²) in [5.74, 6) is -0.409. The van der Waals surface area contributed by atoms with E-state index in [9.17, 15) is 14.7 Å². The number of carboxylic acid groups (broad SMARTS) is 1. The Morgan fingerprint density at radius 2 is 2.19 bits per heavy atom. The average Bonchev–Trinajstić information content (AvgIpc) is 3.07. The van der Waals surface area contributed by atoms with E-state index >= 15 is 0 Å². The van der Waals surface area contributed by atoms with Gasteiger partial charge in [-0.25, -0.2) is 9.59 Å². The highest BCUT2D eigenvalue weighted by Gasteiger charge is 2.23. The van der Waals surface area contributed by atoms with Gasteiger partial charge in [-0.2, -0.15) is 5.10 Å². The molecule has 3 N–H and O–H groups in total. The predicted octanol–water partition coefficient (Wildman–Crippen LogP) is 1.43. The van der Waals surface area contributed by atoms with Gasteiger partial charge in [0.25, 0.3) is 0 Å². The summed E-state index contributed by atoms with van der Waals surface area (Å²) in [4.78, 5) is 23.0. The van der Waals surface area contributed by atoms with Gasteiger partial charge in [0.1, 0.15) is 0 Å². The lowest BCUT2D eigenvalue weighted by Gasteiger charge is -2.15. The van der Waals surface area contributed by atoms with Crippen molar-refractivity contribution in [2.24, 2.45) is 13.0 Å². The fraction of sp³-hybridized carbons (Fsp3) is 0.643. The van der Waals surface area contributed by atoms with Gasteiger partial charge in [-0.05, 0) is 12.3 Å². The number of urea groups is 1. The molecule has 1 fully saturated rings. The fourth-order valence-corrected chi connectivity index (χ4v) is 2.75. The van der Waals surface area contributed by atoms with E-state index in [1.54, 1.807) is 13.2 Å². The van der Waals surface area contributed by atoms with E-state index in [1.807, 2.05) is 0 Å². The minimum atomic E-state index is -1.10. The number of hydrogen-bond acceptors (Lipinski definition) is 3. The van der Waals surface area contributed by atoms with Crippen molar-refractivity contribution >= 4 is 12.0 Å². The van der Waals surface area contributed by atoms with Crippen LogP contribution in [0.4, 0.5) is 4.79 Å². The Morgan fingerprint density at radius 1 is 1.48 bits per heavy atom. The van der Waals surface area contributed by atoms with Crippen LogP contribution in [0.15, 0.2) is 12.4 Å². The zero-order valence-corrected chi connectivity index (χ0v) is 12.2. The monoisotopic (exact) mass is 294 g/mol.